The van der Waals surface area contributed by atoms with E-state index in [1.165, 1.54) is 6.08 Å². The second kappa shape index (κ2) is 15.0. The van der Waals surface area contributed by atoms with Gasteiger partial charge in [-0.15, -0.1) is 0 Å². The molecule has 2 aromatic rings. The molecule has 3 aliphatic rings. The van der Waals surface area contributed by atoms with Crippen molar-refractivity contribution in [3.05, 3.63) is 107 Å². The van der Waals surface area contributed by atoms with E-state index in [-0.39, 0.29) is 44.5 Å². The SMILES string of the molecule is CC.CC1=CC([C@@H](C)OC[C@@]2(c3ccccc3)CC=C(C(=O)NC3CC3)CN2C(=O)OCc2ccccc2)CC(C(F)(F)F)=C1. The van der Waals surface area contributed by atoms with Crippen LogP contribution in [0.4, 0.5) is 18.0 Å². The first-order chi connectivity index (χ1) is 21.5. The van der Waals surface area contributed by atoms with E-state index >= 15 is 0 Å². The summed E-state index contributed by atoms with van der Waals surface area (Å²) in [5.74, 6) is -0.708. The number of carbonyl (C=O) groups excluding carboxylic acids is 2. The zero-order chi connectivity index (χ0) is 32.6. The molecule has 0 spiro atoms. The van der Waals surface area contributed by atoms with Gasteiger partial charge in [-0.3, -0.25) is 9.69 Å². The molecule has 0 bridgehead atoms. The van der Waals surface area contributed by atoms with Gasteiger partial charge in [0.2, 0.25) is 5.91 Å². The molecule has 6 nitrogen and oxygen atoms in total. The van der Waals surface area contributed by atoms with Crippen LogP contribution < -0.4 is 5.32 Å². The number of benzene rings is 2. The third-order valence-corrected chi connectivity index (χ3v) is 8.36. The number of ether oxygens (including phenoxy) is 2. The lowest BCUT2D eigenvalue weighted by Crippen LogP contribution is -2.56. The van der Waals surface area contributed by atoms with E-state index in [1.807, 2.05) is 86.7 Å². The summed E-state index contributed by atoms with van der Waals surface area (Å²) in [6.45, 7) is 7.46. The van der Waals surface area contributed by atoms with E-state index < -0.39 is 35.4 Å². The highest BCUT2D eigenvalue weighted by Gasteiger charge is 2.46. The summed E-state index contributed by atoms with van der Waals surface area (Å²) < 4.78 is 53.0. The van der Waals surface area contributed by atoms with Crippen LogP contribution in [0.1, 0.15) is 64.5 Å². The van der Waals surface area contributed by atoms with Crippen LogP contribution in [-0.4, -0.2) is 48.4 Å². The molecular weight excluding hydrogens is 581 g/mol. The highest BCUT2D eigenvalue weighted by Crippen LogP contribution is 2.41. The lowest BCUT2D eigenvalue weighted by Gasteiger charge is -2.46. The number of halogens is 3. The molecule has 1 fully saturated rings. The molecule has 3 atom stereocenters. The van der Waals surface area contributed by atoms with Crippen molar-refractivity contribution in [2.24, 2.45) is 5.92 Å². The van der Waals surface area contributed by atoms with Crippen molar-refractivity contribution in [1.82, 2.24) is 10.2 Å². The number of alkyl halides is 3. The molecule has 9 heteroatoms. The van der Waals surface area contributed by atoms with Crippen molar-refractivity contribution < 1.29 is 32.2 Å². The van der Waals surface area contributed by atoms with E-state index in [4.69, 9.17) is 9.47 Å². The van der Waals surface area contributed by atoms with Gasteiger partial charge in [0, 0.05) is 23.1 Å². The largest absolute Gasteiger partial charge is 0.445 e. The van der Waals surface area contributed by atoms with Crippen molar-refractivity contribution in [3.8, 4) is 0 Å². The van der Waals surface area contributed by atoms with Gasteiger partial charge in [-0.25, -0.2) is 4.79 Å². The van der Waals surface area contributed by atoms with Gasteiger partial charge in [-0.05, 0) is 50.7 Å². The number of nitrogens with one attached hydrogen (secondary N) is 1. The molecular formula is C36H43F3N2O4. The minimum Gasteiger partial charge on any atom is -0.445 e. The van der Waals surface area contributed by atoms with Gasteiger partial charge in [-0.1, -0.05) is 98.3 Å². The number of allylic oxidation sites excluding steroid dienone is 3. The highest BCUT2D eigenvalue weighted by molar-refractivity contribution is 5.95. The molecule has 2 aliphatic carbocycles. The molecule has 2 aromatic carbocycles. The molecule has 242 valence electrons. The van der Waals surface area contributed by atoms with Crippen molar-refractivity contribution in [1.29, 1.82) is 0 Å². The average molecular weight is 625 g/mol. The minimum atomic E-state index is -4.41. The monoisotopic (exact) mass is 624 g/mol. The van der Waals surface area contributed by atoms with Gasteiger partial charge in [0.05, 0.1) is 24.8 Å². The van der Waals surface area contributed by atoms with E-state index in [0.29, 0.717) is 11.1 Å². The first kappa shape index (κ1) is 34.0. The summed E-state index contributed by atoms with van der Waals surface area (Å²) in [5.41, 5.74) is 0.969. The Balaban J connectivity index is 0.00000226. The zero-order valence-corrected chi connectivity index (χ0v) is 26.4. The highest BCUT2D eigenvalue weighted by atomic mass is 19.4. The maximum absolute atomic E-state index is 13.9. The first-order valence-corrected chi connectivity index (χ1v) is 15.7. The van der Waals surface area contributed by atoms with E-state index in [2.05, 4.69) is 5.32 Å². The molecule has 5 rings (SSSR count). The Bertz CT molecular complexity index is 1400. The average Bonchev–Trinajstić information content (AvgIpc) is 3.87. The molecule has 0 radical (unpaired) electrons. The van der Waals surface area contributed by atoms with Crippen LogP contribution in [0.5, 0.6) is 0 Å². The van der Waals surface area contributed by atoms with Gasteiger partial charge in [0.15, 0.2) is 0 Å². The zero-order valence-electron chi connectivity index (χ0n) is 26.4. The third-order valence-electron chi connectivity index (χ3n) is 8.36. The lowest BCUT2D eigenvalue weighted by molar-refractivity contribution is -0.118. The minimum absolute atomic E-state index is 0.00109. The van der Waals surface area contributed by atoms with E-state index in [1.54, 1.807) is 18.7 Å². The van der Waals surface area contributed by atoms with Gasteiger partial charge in [0.25, 0.3) is 0 Å². The van der Waals surface area contributed by atoms with Gasteiger partial charge in [-0.2, -0.15) is 13.2 Å². The normalized spacial score (nSPS) is 22.2. The maximum atomic E-state index is 13.9. The summed E-state index contributed by atoms with van der Waals surface area (Å²) in [5, 5.41) is 3.00. The fourth-order valence-corrected chi connectivity index (χ4v) is 5.66. The Labute approximate surface area is 264 Å². The Morgan fingerprint density at radius 2 is 1.69 bits per heavy atom. The summed E-state index contributed by atoms with van der Waals surface area (Å²) in [4.78, 5) is 28.5. The van der Waals surface area contributed by atoms with Crippen LogP contribution in [0, 0.1) is 5.92 Å². The third kappa shape index (κ3) is 8.66. The van der Waals surface area contributed by atoms with Crippen molar-refractivity contribution >= 4 is 12.0 Å². The van der Waals surface area contributed by atoms with Crippen LogP contribution >= 0.6 is 0 Å². The molecule has 0 saturated heterocycles. The van der Waals surface area contributed by atoms with Crippen LogP contribution in [0.25, 0.3) is 0 Å². The van der Waals surface area contributed by atoms with Crippen molar-refractivity contribution in [2.75, 3.05) is 13.2 Å². The van der Waals surface area contributed by atoms with E-state index in [9.17, 15) is 22.8 Å². The second-order valence-corrected chi connectivity index (χ2v) is 11.7. The van der Waals surface area contributed by atoms with Crippen LogP contribution in [0.15, 0.2) is 95.6 Å². The number of hydrogen-bond acceptors (Lipinski definition) is 4. The van der Waals surface area contributed by atoms with E-state index in [0.717, 1.165) is 24.0 Å². The quantitative estimate of drug-likeness (QED) is 0.307. The molecule has 45 heavy (non-hydrogen) atoms. The number of carbonyl (C=O) groups is 2. The summed E-state index contributed by atoms with van der Waals surface area (Å²) in [7, 11) is 0. The van der Waals surface area contributed by atoms with Gasteiger partial charge in [0.1, 0.15) is 6.61 Å². The molecule has 2 amide bonds. The van der Waals surface area contributed by atoms with Crippen molar-refractivity contribution in [2.45, 2.75) is 83.8 Å². The second-order valence-electron chi connectivity index (χ2n) is 11.7. The lowest BCUT2D eigenvalue weighted by atomic mass is 9.81. The molecule has 1 saturated carbocycles. The van der Waals surface area contributed by atoms with Crippen molar-refractivity contribution in [3.63, 3.8) is 0 Å². The summed E-state index contributed by atoms with van der Waals surface area (Å²) >= 11 is 0. The predicted molar refractivity (Wildman–Crippen MR) is 168 cm³/mol. The first-order valence-electron chi connectivity index (χ1n) is 15.7. The number of hydrogen-bond donors (Lipinski definition) is 1. The standard InChI is InChI=1S/C34H37F3N2O4.C2H6/c1-23-17-27(19-29(18-23)34(35,36)37)24(2)43-22-33(28-11-7-4-8-12-28)16-15-26(31(40)38-30-13-14-30)20-39(33)32(41)42-21-25-9-5-3-6-10-25;1-2/h3-12,15,17-18,24,27,30H,13-14,16,19-22H2,1-2H3,(H,38,40);1-2H3/t24-,27?,33-;/m1./s1. The maximum Gasteiger partial charge on any atom is 0.412 e. The summed E-state index contributed by atoms with van der Waals surface area (Å²) in [6.07, 6.45) is 1.18. The molecule has 1 heterocycles. The van der Waals surface area contributed by atoms with Crippen LogP contribution in [0.2, 0.25) is 0 Å². The molecule has 1 aliphatic heterocycles. The molecule has 0 aromatic heterocycles. The Hall–Kier alpha value is -3.85. The van der Waals surface area contributed by atoms with Crippen LogP contribution in [0.3, 0.4) is 0 Å². The number of nitrogens with zero attached hydrogens (tertiary/aromatic N) is 1. The molecule has 1 N–H and O–H groups in total. The Morgan fingerprint density at radius 1 is 1.04 bits per heavy atom. The number of amides is 2. The topological polar surface area (TPSA) is 67.9 Å². The van der Waals surface area contributed by atoms with Gasteiger partial charge >= 0.3 is 12.3 Å². The fraction of sp³-hybridized carbons (Fsp3) is 0.444. The number of rotatable bonds is 9. The predicted octanol–water partition coefficient (Wildman–Crippen LogP) is 8.02. The smallest absolute Gasteiger partial charge is 0.412 e. The molecule has 1 unspecified atom stereocenters. The van der Waals surface area contributed by atoms with Crippen LogP contribution in [-0.2, 0) is 26.4 Å². The Morgan fingerprint density at radius 3 is 2.31 bits per heavy atom. The Kier molecular flexibility index (Phi) is 11.3. The fourth-order valence-electron chi connectivity index (χ4n) is 5.66. The van der Waals surface area contributed by atoms with Gasteiger partial charge < -0.3 is 14.8 Å². The summed E-state index contributed by atoms with van der Waals surface area (Å²) in [6, 6.07) is 18.8.